The molecule has 0 aliphatic heterocycles. The largest absolute Gasteiger partial charge is 0.480 e. The first kappa shape index (κ1) is 12.0. The van der Waals surface area contributed by atoms with Gasteiger partial charge < -0.3 is 5.11 Å². The highest BCUT2D eigenvalue weighted by Gasteiger charge is 2.48. The van der Waals surface area contributed by atoms with E-state index in [1.165, 1.54) is 0 Å². The van der Waals surface area contributed by atoms with E-state index in [9.17, 15) is 9.90 Å². The fraction of sp³-hybridized carbons (Fsp3) is 0.615. The fourth-order valence-corrected chi connectivity index (χ4v) is 2.22. The molecule has 0 aromatic carbocycles. The third kappa shape index (κ3) is 2.16. The van der Waals surface area contributed by atoms with Gasteiger partial charge in [0.2, 0.25) is 0 Å². The molecule has 92 valence electrons. The molecule has 17 heavy (non-hydrogen) atoms. The van der Waals surface area contributed by atoms with Gasteiger partial charge in [0.15, 0.2) is 0 Å². The molecule has 0 unspecified atom stereocenters. The summed E-state index contributed by atoms with van der Waals surface area (Å²) in [4.78, 5) is 20.0. The SMILES string of the molecule is CC(C)Cc1ccnc(C2(C(=O)O)CCC2)n1. The van der Waals surface area contributed by atoms with Gasteiger partial charge in [-0.25, -0.2) is 9.97 Å². The van der Waals surface area contributed by atoms with Gasteiger partial charge in [-0.05, 0) is 31.2 Å². The van der Waals surface area contributed by atoms with E-state index < -0.39 is 11.4 Å². The van der Waals surface area contributed by atoms with Crippen molar-refractivity contribution in [3.05, 3.63) is 23.8 Å². The molecule has 4 nitrogen and oxygen atoms in total. The Morgan fingerprint density at radius 2 is 2.24 bits per heavy atom. The maximum absolute atomic E-state index is 11.4. The van der Waals surface area contributed by atoms with E-state index >= 15 is 0 Å². The number of hydrogen-bond acceptors (Lipinski definition) is 3. The minimum atomic E-state index is -0.813. The second kappa shape index (κ2) is 4.43. The standard InChI is InChI=1S/C13H18N2O2/c1-9(2)8-10-4-7-14-11(15-10)13(12(16)17)5-3-6-13/h4,7,9H,3,5-6,8H2,1-2H3,(H,16,17). The molecule has 0 bridgehead atoms. The molecule has 1 aliphatic carbocycles. The first-order chi connectivity index (χ1) is 8.04. The number of aliphatic carboxylic acids is 1. The number of aromatic nitrogens is 2. The van der Waals surface area contributed by atoms with Gasteiger partial charge in [0.05, 0.1) is 0 Å². The molecule has 0 saturated heterocycles. The fourth-order valence-electron chi connectivity index (χ4n) is 2.22. The average molecular weight is 234 g/mol. The number of hydrogen-bond donors (Lipinski definition) is 1. The summed E-state index contributed by atoms with van der Waals surface area (Å²) >= 11 is 0. The lowest BCUT2D eigenvalue weighted by Gasteiger charge is -2.35. The van der Waals surface area contributed by atoms with E-state index in [0.29, 0.717) is 24.6 Å². The summed E-state index contributed by atoms with van der Waals surface area (Å²) in [7, 11) is 0. The molecule has 1 heterocycles. The normalized spacial score (nSPS) is 17.8. The maximum atomic E-state index is 11.4. The van der Waals surface area contributed by atoms with Gasteiger partial charge in [0.1, 0.15) is 11.2 Å². The molecule has 1 aromatic heterocycles. The van der Waals surface area contributed by atoms with Crippen molar-refractivity contribution in [1.29, 1.82) is 0 Å². The van der Waals surface area contributed by atoms with Gasteiger partial charge in [-0.2, -0.15) is 0 Å². The molecule has 1 saturated carbocycles. The predicted molar refractivity (Wildman–Crippen MR) is 63.7 cm³/mol. The minimum absolute atomic E-state index is 0.495. The number of carboxylic acid groups (broad SMARTS) is 1. The van der Waals surface area contributed by atoms with Crippen molar-refractivity contribution < 1.29 is 9.90 Å². The second-order valence-electron chi connectivity index (χ2n) is 5.21. The zero-order valence-corrected chi connectivity index (χ0v) is 10.3. The van der Waals surface area contributed by atoms with Crippen LogP contribution in [-0.4, -0.2) is 21.0 Å². The van der Waals surface area contributed by atoms with E-state index in [0.717, 1.165) is 18.5 Å². The molecule has 1 N–H and O–H groups in total. The van der Waals surface area contributed by atoms with E-state index in [2.05, 4.69) is 23.8 Å². The molecule has 2 rings (SSSR count). The van der Waals surface area contributed by atoms with Crippen molar-refractivity contribution in [2.45, 2.75) is 44.9 Å². The van der Waals surface area contributed by atoms with Crippen molar-refractivity contribution in [2.24, 2.45) is 5.92 Å². The predicted octanol–water partition coefficient (Wildman–Crippen LogP) is 2.18. The van der Waals surface area contributed by atoms with Crippen LogP contribution >= 0.6 is 0 Å². The van der Waals surface area contributed by atoms with Crippen LogP contribution in [0.2, 0.25) is 0 Å². The van der Waals surface area contributed by atoms with Crippen LogP contribution in [0.5, 0.6) is 0 Å². The highest BCUT2D eigenvalue weighted by molar-refractivity contribution is 5.81. The van der Waals surface area contributed by atoms with Crippen LogP contribution in [0.1, 0.15) is 44.6 Å². The highest BCUT2D eigenvalue weighted by atomic mass is 16.4. The molecule has 0 spiro atoms. The number of carboxylic acids is 1. The third-order valence-electron chi connectivity index (χ3n) is 3.38. The first-order valence-electron chi connectivity index (χ1n) is 6.10. The Labute approximate surface area is 101 Å². The molecule has 1 aromatic rings. The Balaban J connectivity index is 2.29. The molecule has 4 heteroatoms. The first-order valence-corrected chi connectivity index (χ1v) is 6.10. The van der Waals surface area contributed by atoms with Crippen LogP contribution in [0, 0.1) is 5.92 Å². The molecular weight excluding hydrogens is 216 g/mol. The summed E-state index contributed by atoms with van der Waals surface area (Å²) in [5, 5.41) is 9.33. The van der Waals surface area contributed by atoms with Crippen LogP contribution < -0.4 is 0 Å². The van der Waals surface area contributed by atoms with Crippen molar-refractivity contribution in [1.82, 2.24) is 9.97 Å². The Hall–Kier alpha value is -1.45. The number of rotatable bonds is 4. The van der Waals surface area contributed by atoms with Crippen molar-refractivity contribution in [3.63, 3.8) is 0 Å². The lowest BCUT2D eigenvalue weighted by atomic mass is 9.68. The maximum Gasteiger partial charge on any atom is 0.317 e. The molecule has 1 fully saturated rings. The van der Waals surface area contributed by atoms with Gasteiger partial charge in [0, 0.05) is 11.9 Å². The number of carbonyl (C=O) groups is 1. The zero-order chi connectivity index (χ0) is 12.5. The summed E-state index contributed by atoms with van der Waals surface area (Å²) in [6.45, 7) is 4.25. The van der Waals surface area contributed by atoms with Crippen LogP contribution in [0.3, 0.4) is 0 Å². The van der Waals surface area contributed by atoms with Crippen LogP contribution in [-0.2, 0) is 16.6 Å². The summed E-state index contributed by atoms with van der Waals surface area (Å²) in [6, 6.07) is 1.87. The van der Waals surface area contributed by atoms with E-state index in [1.807, 2.05) is 6.07 Å². The smallest absolute Gasteiger partial charge is 0.317 e. The van der Waals surface area contributed by atoms with E-state index in [4.69, 9.17) is 0 Å². The van der Waals surface area contributed by atoms with Gasteiger partial charge in [-0.3, -0.25) is 4.79 Å². The molecular formula is C13H18N2O2. The monoisotopic (exact) mass is 234 g/mol. The van der Waals surface area contributed by atoms with Gasteiger partial charge >= 0.3 is 5.97 Å². The Morgan fingerprint density at radius 1 is 1.53 bits per heavy atom. The van der Waals surface area contributed by atoms with Crippen molar-refractivity contribution in [3.8, 4) is 0 Å². The van der Waals surface area contributed by atoms with Gasteiger partial charge in [-0.1, -0.05) is 20.3 Å². The summed E-state index contributed by atoms with van der Waals surface area (Å²) in [5.74, 6) is 0.222. The number of nitrogens with zero attached hydrogens (tertiary/aromatic N) is 2. The molecule has 0 radical (unpaired) electrons. The van der Waals surface area contributed by atoms with E-state index in [1.54, 1.807) is 6.20 Å². The Bertz CT molecular complexity index is 425. The van der Waals surface area contributed by atoms with Crippen molar-refractivity contribution in [2.75, 3.05) is 0 Å². The minimum Gasteiger partial charge on any atom is -0.480 e. The highest BCUT2D eigenvalue weighted by Crippen LogP contribution is 2.42. The van der Waals surface area contributed by atoms with E-state index in [-0.39, 0.29) is 0 Å². The average Bonchev–Trinajstić information content (AvgIpc) is 2.14. The van der Waals surface area contributed by atoms with Gasteiger partial charge in [-0.15, -0.1) is 0 Å². The summed E-state index contributed by atoms with van der Waals surface area (Å²) in [5.41, 5.74) is 0.130. The van der Waals surface area contributed by atoms with Crippen LogP contribution in [0.4, 0.5) is 0 Å². The molecule has 0 amide bonds. The van der Waals surface area contributed by atoms with Crippen LogP contribution in [0.15, 0.2) is 12.3 Å². The van der Waals surface area contributed by atoms with Gasteiger partial charge in [0.25, 0.3) is 0 Å². The molecule has 1 aliphatic rings. The Kier molecular flexibility index (Phi) is 3.13. The van der Waals surface area contributed by atoms with Crippen LogP contribution in [0.25, 0.3) is 0 Å². The molecule has 0 atom stereocenters. The van der Waals surface area contributed by atoms with Crippen molar-refractivity contribution >= 4 is 5.97 Å². The summed E-state index contributed by atoms with van der Waals surface area (Å²) < 4.78 is 0. The second-order valence-corrected chi connectivity index (χ2v) is 5.21. The quantitative estimate of drug-likeness (QED) is 0.867. The topological polar surface area (TPSA) is 63.1 Å². The summed E-state index contributed by atoms with van der Waals surface area (Å²) in [6.07, 6.45) is 4.82. The Morgan fingerprint density at radius 3 is 2.71 bits per heavy atom. The lowest BCUT2D eigenvalue weighted by Crippen LogP contribution is -2.44. The zero-order valence-electron chi connectivity index (χ0n) is 10.3. The lowest BCUT2D eigenvalue weighted by molar-refractivity contribution is -0.147. The third-order valence-corrected chi connectivity index (χ3v) is 3.38.